The third-order valence-electron chi connectivity index (χ3n) is 2.30. The number of hydrogen-bond acceptors (Lipinski definition) is 3. The van der Waals surface area contributed by atoms with Crippen molar-refractivity contribution < 1.29 is 9.53 Å². The lowest BCUT2D eigenvalue weighted by atomic mass is 10.1. The number of amides is 1. The summed E-state index contributed by atoms with van der Waals surface area (Å²) < 4.78 is 6.32. The summed E-state index contributed by atoms with van der Waals surface area (Å²) in [7, 11) is 0. The van der Waals surface area contributed by atoms with Crippen LogP contribution in [0.25, 0.3) is 0 Å². The molecule has 0 saturated carbocycles. The zero-order chi connectivity index (χ0) is 14.5. The Kier molecular flexibility index (Phi) is 5.82. The lowest BCUT2D eigenvalue weighted by molar-refractivity contribution is -0.124. The average molecular weight is 329 g/mol. The van der Waals surface area contributed by atoms with Crippen LogP contribution >= 0.6 is 15.9 Å². The number of nitrogens with one attached hydrogen (secondary N) is 1. The molecule has 0 bridgehead atoms. The fourth-order valence-corrected chi connectivity index (χ4v) is 2.12. The van der Waals surface area contributed by atoms with Crippen LogP contribution in [0.3, 0.4) is 0 Å². The van der Waals surface area contributed by atoms with E-state index in [1.807, 2.05) is 39.0 Å². The Morgan fingerprint density at radius 3 is 2.63 bits per heavy atom. The van der Waals surface area contributed by atoms with Crippen LogP contribution in [0, 0.1) is 0 Å². The number of benzene rings is 1. The van der Waals surface area contributed by atoms with Gasteiger partial charge in [-0.1, -0.05) is 6.07 Å². The van der Waals surface area contributed by atoms with E-state index in [2.05, 4.69) is 21.2 Å². The lowest BCUT2D eigenvalue weighted by Gasteiger charge is -2.20. The largest absolute Gasteiger partial charge is 0.483 e. The highest BCUT2D eigenvalue weighted by molar-refractivity contribution is 9.10. The summed E-state index contributed by atoms with van der Waals surface area (Å²) in [4.78, 5) is 11.6. The first-order chi connectivity index (χ1) is 8.81. The molecule has 0 aromatic heterocycles. The van der Waals surface area contributed by atoms with Crippen molar-refractivity contribution in [3.63, 3.8) is 0 Å². The quantitative estimate of drug-likeness (QED) is 0.871. The smallest absolute Gasteiger partial charge is 0.258 e. The van der Waals surface area contributed by atoms with Crippen molar-refractivity contribution in [2.45, 2.75) is 32.7 Å². The zero-order valence-electron chi connectivity index (χ0n) is 11.6. The van der Waals surface area contributed by atoms with Gasteiger partial charge in [0.2, 0.25) is 0 Å². The minimum Gasteiger partial charge on any atom is -0.483 e. The molecular formula is C14H21BrN2O2. The molecule has 0 saturated heterocycles. The Labute approximate surface area is 122 Å². The predicted molar refractivity (Wildman–Crippen MR) is 80.3 cm³/mol. The Morgan fingerprint density at radius 1 is 1.42 bits per heavy atom. The van der Waals surface area contributed by atoms with Crippen molar-refractivity contribution in [2.75, 3.05) is 13.2 Å². The van der Waals surface area contributed by atoms with E-state index in [0.29, 0.717) is 12.3 Å². The van der Waals surface area contributed by atoms with E-state index in [9.17, 15) is 4.79 Å². The standard InChI is InChI=1S/C14H21BrN2O2/c1-14(2,3)17-13(18)9-19-12-5-4-10(6-7-16)8-11(12)15/h4-5,8H,6-7,9,16H2,1-3H3,(H,17,18). The van der Waals surface area contributed by atoms with Gasteiger partial charge in [-0.2, -0.15) is 0 Å². The monoisotopic (exact) mass is 328 g/mol. The highest BCUT2D eigenvalue weighted by atomic mass is 79.9. The van der Waals surface area contributed by atoms with Crippen LogP contribution in [-0.2, 0) is 11.2 Å². The molecule has 3 N–H and O–H groups in total. The summed E-state index contributed by atoms with van der Waals surface area (Å²) in [5.74, 6) is 0.523. The molecule has 0 aliphatic heterocycles. The fraction of sp³-hybridized carbons (Fsp3) is 0.500. The maximum Gasteiger partial charge on any atom is 0.258 e. The van der Waals surface area contributed by atoms with Crippen LogP contribution < -0.4 is 15.8 Å². The molecule has 0 unspecified atom stereocenters. The topological polar surface area (TPSA) is 64.3 Å². The molecular weight excluding hydrogens is 308 g/mol. The van der Waals surface area contributed by atoms with Gasteiger partial charge in [-0.3, -0.25) is 4.79 Å². The number of hydrogen-bond donors (Lipinski definition) is 2. The van der Waals surface area contributed by atoms with Crippen LogP contribution in [0.5, 0.6) is 5.75 Å². The SMILES string of the molecule is CC(C)(C)NC(=O)COc1ccc(CCN)cc1Br. The van der Waals surface area contributed by atoms with E-state index in [-0.39, 0.29) is 18.1 Å². The molecule has 106 valence electrons. The fourth-order valence-electron chi connectivity index (χ4n) is 1.58. The maximum atomic E-state index is 11.6. The molecule has 4 nitrogen and oxygen atoms in total. The molecule has 5 heteroatoms. The number of nitrogens with two attached hydrogens (primary N) is 1. The van der Waals surface area contributed by atoms with Gasteiger partial charge in [0.25, 0.3) is 5.91 Å². The second kappa shape index (κ2) is 6.91. The minimum atomic E-state index is -0.247. The van der Waals surface area contributed by atoms with Crippen LogP contribution in [0.4, 0.5) is 0 Å². The van der Waals surface area contributed by atoms with Crippen LogP contribution in [0.1, 0.15) is 26.3 Å². The second-order valence-electron chi connectivity index (χ2n) is 5.39. The van der Waals surface area contributed by atoms with Crippen molar-refractivity contribution in [1.29, 1.82) is 0 Å². The van der Waals surface area contributed by atoms with E-state index >= 15 is 0 Å². The molecule has 0 fully saturated rings. The number of rotatable bonds is 5. The number of ether oxygens (including phenoxy) is 1. The van der Waals surface area contributed by atoms with Gasteiger partial charge in [0.05, 0.1) is 4.47 Å². The van der Waals surface area contributed by atoms with Crippen LogP contribution in [0.2, 0.25) is 0 Å². The van der Waals surface area contributed by atoms with E-state index < -0.39 is 0 Å². The summed E-state index contributed by atoms with van der Waals surface area (Å²) in [5, 5.41) is 2.84. The Morgan fingerprint density at radius 2 is 2.11 bits per heavy atom. The third kappa shape index (κ3) is 6.07. The number of carbonyl (C=O) groups excluding carboxylic acids is 1. The first-order valence-electron chi connectivity index (χ1n) is 6.24. The maximum absolute atomic E-state index is 11.6. The van der Waals surface area contributed by atoms with Crippen molar-refractivity contribution in [2.24, 2.45) is 5.73 Å². The number of halogens is 1. The molecule has 1 aromatic rings. The van der Waals surface area contributed by atoms with E-state index in [0.717, 1.165) is 16.5 Å². The van der Waals surface area contributed by atoms with E-state index in [1.165, 1.54) is 0 Å². The molecule has 0 aliphatic carbocycles. The van der Waals surface area contributed by atoms with Gasteiger partial charge in [-0.15, -0.1) is 0 Å². The highest BCUT2D eigenvalue weighted by Crippen LogP contribution is 2.26. The Hall–Kier alpha value is -1.07. The van der Waals surface area contributed by atoms with E-state index in [1.54, 1.807) is 0 Å². The molecule has 0 aliphatic rings. The summed E-state index contributed by atoms with van der Waals surface area (Å²) in [6.45, 7) is 6.42. The normalized spacial score (nSPS) is 11.2. The molecule has 19 heavy (non-hydrogen) atoms. The zero-order valence-corrected chi connectivity index (χ0v) is 13.2. The summed E-state index contributed by atoms with van der Waals surface area (Å²) >= 11 is 3.43. The average Bonchev–Trinajstić information content (AvgIpc) is 2.26. The first-order valence-corrected chi connectivity index (χ1v) is 7.03. The summed E-state index contributed by atoms with van der Waals surface area (Å²) in [5.41, 5.74) is 6.40. The van der Waals surface area contributed by atoms with Gasteiger partial charge in [0.15, 0.2) is 6.61 Å². The van der Waals surface area contributed by atoms with Crippen LogP contribution in [-0.4, -0.2) is 24.6 Å². The molecule has 1 rings (SSSR count). The molecule has 1 amide bonds. The van der Waals surface area contributed by atoms with Crippen molar-refractivity contribution in [3.8, 4) is 5.75 Å². The van der Waals surface area contributed by atoms with Gasteiger partial charge >= 0.3 is 0 Å². The van der Waals surface area contributed by atoms with Gasteiger partial charge in [0, 0.05) is 5.54 Å². The van der Waals surface area contributed by atoms with Crippen molar-refractivity contribution in [3.05, 3.63) is 28.2 Å². The molecule has 0 spiro atoms. The highest BCUT2D eigenvalue weighted by Gasteiger charge is 2.14. The van der Waals surface area contributed by atoms with Gasteiger partial charge < -0.3 is 15.8 Å². The summed E-state index contributed by atoms with van der Waals surface area (Å²) in [6.07, 6.45) is 0.823. The van der Waals surface area contributed by atoms with Gasteiger partial charge in [0.1, 0.15) is 5.75 Å². The third-order valence-corrected chi connectivity index (χ3v) is 2.92. The summed E-state index contributed by atoms with van der Waals surface area (Å²) in [6, 6.07) is 5.76. The number of carbonyl (C=O) groups is 1. The van der Waals surface area contributed by atoms with Crippen molar-refractivity contribution in [1.82, 2.24) is 5.32 Å². The molecule has 0 radical (unpaired) electrons. The van der Waals surface area contributed by atoms with Gasteiger partial charge in [-0.25, -0.2) is 0 Å². The molecule has 1 aromatic carbocycles. The Balaban J connectivity index is 2.56. The minimum absolute atomic E-state index is 0.00606. The van der Waals surface area contributed by atoms with Crippen molar-refractivity contribution >= 4 is 21.8 Å². The predicted octanol–water partition coefficient (Wildman–Crippen LogP) is 2.24. The first kappa shape index (κ1) is 16.0. The lowest BCUT2D eigenvalue weighted by Crippen LogP contribution is -2.43. The molecule has 0 atom stereocenters. The molecule has 0 heterocycles. The van der Waals surface area contributed by atoms with Gasteiger partial charge in [-0.05, 0) is 67.4 Å². The Bertz CT molecular complexity index is 442. The second-order valence-corrected chi connectivity index (χ2v) is 6.24. The van der Waals surface area contributed by atoms with E-state index in [4.69, 9.17) is 10.5 Å². The van der Waals surface area contributed by atoms with Crippen LogP contribution in [0.15, 0.2) is 22.7 Å².